The average molecular weight is 375 g/mol. The topological polar surface area (TPSA) is 49.0 Å². The minimum absolute atomic E-state index is 0.654. The van der Waals surface area contributed by atoms with Gasteiger partial charge in [-0.15, -0.1) is 0 Å². The van der Waals surface area contributed by atoms with Crippen LogP contribution in [0.1, 0.15) is 11.1 Å². The minimum Gasteiger partial charge on any atom is -0.493 e. The zero-order valence-electron chi connectivity index (χ0n) is 15.6. The Morgan fingerprint density at radius 3 is 1.81 bits per heavy atom. The van der Waals surface area contributed by atoms with E-state index in [4.69, 9.17) is 31.2 Å². The van der Waals surface area contributed by atoms with Crippen LogP contribution in [0, 0.1) is 0 Å². The summed E-state index contributed by atoms with van der Waals surface area (Å²) in [6.07, 6.45) is 1.49. The van der Waals surface area contributed by atoms with E-state index < -0.39 is 0 Å². The van der Waals surface area contributed by atoms with E-state index in [0.717, 1.165) is 40.6 Å². The third kappa shape index (κ3) is 5.26. The Bertz CT molecular complexity index is 749. The lowest BCUT2D eigenvalue weighted by molar-refractivity contribution is 0.354. The number of nitrogens with one attached hydrogen (secondary N) is 1. The van der Waals surface area contributed by atoms with E-state index in [1.165, 1.54) is 0 Å². The van der Waals surface area contributed by atoms with E-state index in [9.17, 15) is 0 Å². The quantitative estimate of drug-likeness (QED) is 0.678. The van der Waals surface area contributed by atoms with E-state index in [0.29, 0.717) is 17.9 Å². The highest BCUT2D eigenvalue weighted by atomic mass is 32.1. The molecule has 0 spiro atoms. The van der Waals surface area contributed by atoms with Crippen molar-refractivity contribution in [2.45, 2.75) is 12.8 Å². The van der Waals surface area contributed by atoms with Gasteiger partial charge in [-0.25, -0.2) is 0 Å². The molecule has 0 radical (unpaired) electrons. The Hall–Kier alpha value is -2.47. The van der Waals surface area contributed by atoms with Crippen LogP contribution in [0.3, 0.4) is 0 Å². The van der Waals surface area contributed by atoms with Gasteiger partial charge < -0.3 is 24.3 Å². The molecule has 0 amide bonds. The summed E-state index contributed by atoms with van der Waals surface area (Å²) >= 11 is 5.45. The molecule has 26 heavy (non-hydrogen) atoms. The van der Waals surface area contributed by atoms with Gasteiger partial charge in [0.1, 0.15) is 0 Å². The van der Waals surface area contributed by atoms with Crippen LogP contribution in [0.5, 0.6) is 23.0 Å². The summed E-state index contributed by atoms with van der Waals surface area (Å²) in [6.45, 7) is 0.752. The van der Waals surface area contributed by atoms with Gasteiger partial charge in [-0.2, -0.15) is 0 Å². The van der Waals surface area contributed by atoms with Crippen LogP contribution in [0.15, 0.2) is 36.4 Å². The Morgan fingerprint density at radius 2 is 1.27 bits per heavy atom. The summed E-state index contributed by atoms with van der Waals surface area (Å²) in [5.41, 5.74) is 2.23. The molecule has 0 atom stereocenters. The molecular formula is C20H25NO4S. The molecular weight excluding hydrogens is 350 g/mol. The van der Waals surface area contributed by atoms with Crippen LogP contribution in [-0.2, 0) is 12.8 Å². The highest BCUT2D eigenvalue weighted by Crippen LogP contribution is 2.28. The third-order valence-electron chi connectivity index (χ3n) is 4.00. The largest absolute Gasteiger partial charge is 0.493 e. The number of methoxy groups -OCH3 is 4. The first kappa shape index (κ1) is 19.8. The van der Waals surface area contributed by atoms with E-state index in [-0.39, 0.29) is 0 Å². The lowest BCUT2D eigenvalue weighted by Gasteiger charge is -2.12. The van der Waals surface area contributed by atoms with Gasteiger partial charge in [0.15, 0.2) is 23.0 Å². The molecule has 0 heterocycles. The second-order valence-electron chi connectivity index (χ2n) is 5.66. The van der Waals surface area contributed by atoms with Crippen LogP contribution >= 0.6 is 12.2 Å². The predicted octanol–water partition coefficient (Wildman–Crippen LogP) is 3.42. The molecule has 0 bridgehead atoms. The van der Waals surface area contributed by atoms with Gasteiger partial charge in [0, 0.05) is 13.0 Å². The molecule has 0 saturated carbocycles. The van der Waals surface area contributed by atoms with E-state index >= 15 is 0 Å². The van der Waals surface area contributed by atoms with Crippen molar-refractivity contribution in [3.63, 3.8) is 0 Å². The van der Waals surface area contributed by atoms with Gasteiger partial charge in [0.25, 0.3) is 0 Å². The highest BCUT2D eigenvalue weighted by Gasteiger charge is 2.07. The maximum absolute atomic E-state index is 5.45. The minimum atomic E-state index is 0.654. The van der Waals surface area contributed by atoms with Crippen molar-refractivity contribution < 1.29 is 18.9 Å². The summed E-state index contributed by atoms with van der Waals surface area (Å²) in [4.78, 5) is 0.790. The summed E-state index contributed by atoms with van der Waals surface area (Å²) in [5.74, 6) is 2.88. The molecule has 0 aliphatic carbocycles. The van der Waals surface area contributed by atoms with E-state index in [2.05, 4.69) is 5.32 Å². The highest BCUT2D eigenvalue weighted by molar-refractivity contribution is 7.80. The van der Waals surface area contributed by atoms with Crippen molar-refractivity contribution >= 4 is 17.2 Å². The standard InChI is InChI=1S/C20H25NO4S/c1-22-16-7-5-14(11-18(16)24-3)9-10-21-20(26)13-15-6-8-17(23-2)19(12-15)25-4/h5-8,11-12H,9-10,13H2,1-4H3,(H,21,26). The van der Waals surface area contributed by atoms with Crippen LogP contribution in [0.4, 0.5) is 0 Å². The van der Waals surface area contributed by atoms with Crippen LogP contribution in [0.2, 0.25) is 0 Å². The summed E-state index contributed by atoms with van der Waals surface area (Å²) < 4.78 is 21.2. The third-order valence-corrected chi connectivity index (χ3v) is 4.29. The molecule has 0 unspecified atom stereocenters. The normalized spacial score (nSPS) is 10.2. The summed E-state index contributed by atoms with van der Waals surface area (Å²) in [5, 5.41) is 3.30. The number of ether oxygens (including phenoxy) is 4. The molecule has 5 nitrogen and oxygen atoms in total. The van der Waals surface area contributed by atoms with E-state index in [1.54, 1.807) is 28.4 Å². The zero-order valence-corrected chi connectivity index (χ0v) is 16.4. The molecule has 2 aromatic carbocycles. The Labute approximate surface area is 160 Å². The van der Waals surface area contributed by atoms with Gasteiger partial charge in [0.05, 0.1) is 33.4 Å². The number of benzene rings is 2. The van der Waals surface area contributed by atoms with Gasteiger partial charge >= 0.3 is 0 Å². The molecule has 0 fully saturated rings. The van der Waals surface area contributed by atoms with E-state index in [1.807, 2.05) is 36.4 Å². The van der Waals surface area contributed by atoms with Crippen molar-refractivity contribution in [2.24, 2.45) is 0 Å². The second kappa shape index (κ2) is 9.87. The van der Waals surface area contributed by atoms with Gasteiger partial charge in [-0.3, -0.25) is 0 Å². The smallest absolute Gasteiger partial charge is 0.160 e. The molecule has 0 aromatic heterocycles. The molecule has 2 rings (SSSR count). The maximum Gasteiger partial charge on any atom is 0.160 e. The monoisotopic (exact) mass is 375 g/mol. The molecule has 140 valence electrons. The molecule has 6 heteroatoms. The number of rotatable bonds is 9. The second-order valence-corrected chi connectivity index (χ2v) is 6.15. The Morgan fingerprint density at radius 1 is 0.769 bits per heavy atom. The van der Waals surface area contributed by atoms with Crippen molar-refractivity contribution in [1.29, 1.82) is 0 Å². The van der Waals surface area contributed by atoms with Crippen molar-refractivity contribution in [3.05, 3.63) is 47.5 Å². The maximum atomic E-state index is 5.45. The number of hydrogen-bond acceptors (Lipinski definition) is 5. The van der Waals surface area contributed by atoms with Gasteiger partial charge in [-0.1, -0.05) is 24.4 Å². The lowest BCUT2D eigenvalue weighted by atomic mass is 10.1. The molecule has 1 N–H and O–H groups in total. The first-order chi connectivity index (χ1) is 12.6. The fourth-order valence-electron chi connectivity index (χ4n) is 2.62. The summed E-state index contributed by atoms with van der Waals surface area (Å²) in [6, 6.07) is 11.7. The Kier molecular flexibility index (Phi) is 7.53. The predicted molar refractivity (Wildman–Crippen MR) is 107 cm³/mol. The molecule has 0 aliphatic rings. The van der Waals surface area contributed by atoms with Crippen LogP contribution < -0.4 is 24.3 Å². The SMILES string of the molecule is COc1ccc(CCNC(=S)Cc2ccc(OC)c(OC)c2)cc1OC. The lowest BCUT2D eigenvalue weighted by Crippen LogP contribution is -2.25. The van der Waals surface area contributed by atoms with Crippen molar-refractivity contribution in [1.82, 2.24) is 5.32 Å². The molecule has 0 aliphatic heterocycles. The summed E-state index contributed by atoms with van der Waals surface area (Å²) in [7, 11) is 6.52. The van der Waals surface area contributed by atoms with Crippen LogP contribution in [0.25, 0.3) is 0 Å². The van der Waals surface area contributed by atoms with Crippen molar-refractivity contribution in [2.75, 3.05) is 35.0 Å². The Balaban J connectivity index is 1.87. The first-order valence-electron chi connectivity index (χ1n) is 8.29. The number of hydrogen-bond donors (Lipinski definition) is 1. The average Bonchev–Trinajstić information content (AvgIpc) is 2.67. The molecule has 0 saturated heterocycles. The van der Waals surface area contributed by atoms with Gasteiger partial charge in [-0.05, 0) is 41.8 Å². The fourth-order valence-corrected chi connectivity index (χ4v) is 2.89. The van der Waals surface area contributed by atoms with Gasteiger partial charge in [0.2, 0.25) is 0 Å². The van der Waals surface area contributed by atoms with Crippen LogP contribution in [-0.4, -0.2) is 40.0 Å². The molecule has 2 aromatic rings. The number of thiocarbonyl (C=S) groups is 1. The fraction of sp³-hybridized carbons (Fsp3) is 0.350. The first-order valence-corrected chi connectivity index (χ1v) is 8.70. The van der Waals surface area contributed by atoms with Crippen molar-refractivity contribution in [3.8, 4) is 23.0 Å². The zero-order chi connectivity index (χ0) is 18.9.